The van der Waals surface area contributed by atoms with E-state index in [-0.39, 0.29) is 18.0 Å². The van der Waals surface area contributed by atoms with Crippen LogP contribution in [-0.2, 0) is 23.8 Å². The van der Waals surface area contributed by atoms with Crippen LogP contribution in [0, 0.1) is 5.92 Å². The van der Waals surface area contributed by atoms with Crippen LogP contribution in [0.5, 0.6) is 0 Å². The van der Waals surface area contributed by atoms with Gasteiger partial charge in [0.15, 0.2) is 0 Å². The highest BCUT2D eigenvalue weighted by Gasteiger charge is 2.67. The highest BCUT2D eigenvalue weighted by Crippen LogP contribution is 2.49. The maximum absolute atomic E-state index is 11.5. The molecule has 0 spiro atoms. The predicted octanol–water partition coefficient (Wildman–Crippen LogP) is -0.540. The third-order valence-electron chi connectivity index (χ3n) is 3.30. The average molecular weight is 218 g/mol. The molecule has 0 saturated carbocycles. The van der Waals surface area contributed by atoms with Crippen molar-refractivity contribution < 1.29 is 22.1 Å². The molecule has 3 heterocycles. The summed E-state index contributed by atoms with van der Waals surface area (Å²) in [6.07, 6.45) is -0.459. The van der Waals surface area contributed by atoms with Crippen LogP contribution in [0.3, 0.4) is 0 Å². The number of ether oxygens (including phenoxy) is 1. The van der Waals surface area contributed by atoms with Crippen molar-refractivity contribution >= 4 is 15.9 Å². The normalized spacial score (nSPS) is 52.5. The summed E-state index contributed by atoms with van der Waals surface area (Å²) in [5, 5.41) is -0.747. The van der Waals surface area contributed by atoms with Crippen molar-refractivity contribution in [3.63, 3.8) is 0 Å². The number of Topliss-reactive ketones (excluding diaryl/α,β-unsaturated/α-hetero) is 1. The standard InChI is InChI=1S/C8H10O5S/c1-3(9)6-4-2-5-7(12-4)8(6)14(10,11)13-5/h4-8H,2H2,1H3. The zero-order valence-corrected chi connectivity index (χ0v) is 8.36. The van der Waals surface area contributed by atoms with E-state index in [9.17, 15) is 13.2 Å². The molecule has 3 aliphatic heterocycles. The van der Waals surface area contributed by atoms with Gasteiger partial charge in [-0.2, -0.15) is 8.42 Å². The molecule has 78 valence electrons. The second-order valence-electron chi connectivity index (χ2n) is 4.10. The van der Waals surface area contributed by atoms with Crippen LogP contribution in [0.2, 0.25) is 0 Å². The Labute approximate surface area is 81.5 Å². The van der Waals surface area contributed by atoms with Gasteiger partial charge >= 0.3 is 0 Å². The van der Waals surface area contributed by atoms with Crippen LogP contribution in [0.4, 0.5) is 0 Å². The molecule has 5 unspecified atom stereocenters. The third kappa shape index (κ3) is 0.863. The molecule has 5 nitrogen and oxygen atoms in total. The number of carbonyl (C=O) groups excluding carboxylic acids is 1. The minimum atomic E-state index is -3.57. The van der Waals surface area contributed by atoms with Gasteiger partial charge in [-0.15, -0.1) is 0 Å². The molecule has 0 amide bonds. The molecule has 3 rings (SSSR count). The molecular formula is C8H10O5S. The molecule has 0 aromatic rings. The summed E-state index contributed by atoms with van der Waals surface area (Å²) in [5.74, 6) is -0.626. The fraction of sp³-hybridized carbons (Fsp3) is 0.875. The molecule has 6 heteroatoms. The van der Waals surface area contributed by atoms with Crippen LogP contribution < -0.4 is 0 Å². The number of hydrogen-bond acceptors (Lipinski definition) is 5. The first-order chi connectivity index (χ1) is 6.50. The lowest BCUT2D eigenvalue weighted by molar-refractivity contribution is -0.122. The van der Waals surface area contributed by atoms with Crippen LogP contribution in [0.1, 0.15) is 13.3 Å². The first-order valence-corrected chi connectivity index (χ1v) is 6.06. The Morgan fingerprint density at radius 2 is 2.07 bits per heavy atom. The second kappa shape index (κ2) is 2.37. The summed E-state index contributed by atoms with van der Waals surface area (Å²) in [6, 6.07) is 0. The Bertz CT molecular complexity index is 398. The minimum Gasteiger partial charge on any atom is -0.370 e. The number of rotatable bonds is 1. The molecule has 0 radical (unpaired) electrons. The molecule has 3 saturated heterocycles. The molecule has 0 aliphatic carbocycles. The third-order valence-corrected chi connectivity index (χ3v) is 5.05. The fourth-order valence-corrected chi connectivity index (χ4v) is 4.77. The largest absolute Gasteiger partial charge is 0.370 e. The van der Waals surface area contributed by atoms with Crippen molar-refractivity contribution in [3.8, 4) is 0 Å². The van der Waals surface area contributed by atoms with E-state index in [1.165, 1.54) is 6.92 Å². The van der Waals surface area contributed by atoms with E-state index in [2.05, 4.69) is 0 Å². The lowest BCUT2D eigenvalue weighted by atomic mass is 9.85. The average Bonchev–Trinajstić information content (AvgIpc) is 2.60. The van der Waals surface area contributed by atoms with E-state index in [4.69, 9.17) is 8.92 Å². The van der Waals surface area contributed by atoms with Gasteiger partial charge in [-0.05, 0) is 6.92 Å². The lowest BCUT2D eigenvalue weighted by Crippen LogP contribution is -2.39. The van der Waals surface area contributed by atoms with Gasteiger partial charge in [0, 0.05) is 6.42 Å². The first-order valence-electron chi connectivity index (χ1n) is 4.59. The first kappa shape index (κ1) is 8.82. The van der Waals surface area contributed by atoms with Crippen molar-refractivity contribution in [2.45, 2.75) is 36.9 Å². The summed E-state index contributed by atoms with van der Waals surface area (Å²) in [7, 11) is -3.57. The van der Waals surface area contributed by atoms with Crippen LogP contribution in [-0.4, -0.2) is 37.8 Å². The lowest BCUT2D eigenvalue weighted by Gasteiger charge is -2.17. The van der Waals surface area contributed by atoms with E-state index in [1.807, 2.05) is 0 Å². The monoisotopic (exact) mass is 218 g/mol. The molecular weight excluding hydrogens is 208 g/mol. The van der Waals surface area contributed by atoms with Crippen molar-refractivity contribution in [3.05, 3.63) is 0 Å². The van der Waals surface area contributed by atoms with Crippen LogP contribution >= 0.6 is 0 Å². The predicted molar refractivity (Wildman–Crippen MR) is 45.0 cm³/mol. The molecule has 2 bridgehead atoms. The quantitative estimate of drug-likeness (QED) is 0.553. The zero-order valence-electron chi connectivity index (χ0n) is 7.54. The van der Waals surface area contributed by atoms with Crippen molar-refractivity contribution in [1.29, 1.82) is 0 Å². The summed E-state index contributed by atoms with van der Waals surface area (Å²) in [6.45, 7) is 1.41. The van der Waals surface area contributed by atoms with E-state index in [1.54, 1.807) is 0 Å². The van der Waals surface area contributed by atoms with E-state index in [0.29, 0.717) is 6.42 Å². The summed E-state index contributed by atoms with van der Waals surface area (Å²) < 4.78 is 33.4. The molecule has 0 aromatic heterocycles. The summed E-state index contributed by atoms with van der Waals surface area (Å²) in [5.41, 5.74) is 0. The van der Waals surface area contributed by atoms with E-state index in [0.717, 1.165) is 0 Å². The van der Waals surface area contributed by atoms with Gasteiger partial charge in [0.2, 0.25) is 0 Å². The van der Waals surface area contributed by atoms with Crippen molar-refractivity contribution in [2.24, 2.45) is 5.92 Å². The van der Waals surface area contributed by atoms with Crippen molar-refractivity contribution in [1.82, 2.24) is 0 Å². The topological polar surface area (TPSA) is 69.7 Å². The van der Waals surface area contributed by atoms with Gasteiger partial charge in [0.25, 0.3) is 10.1 Å². The Morgan fingerprint density at radius 3 is 2.71 bits per heavy atom. The van der Waals surface area contributed by atoms with Gasteiger partial charge in [0.05, 0.1) is 12.0 Å². The van der Waals surface area contributed by atoms with E-state index < -0.39 is 27.4 Å². The second-order valence-corrected chi connectivity index (χ2v) is 5.83. The molecule has 5 atom stereocenters. The van der Waals surface area contributed by atoms with Gasteiger partial charge in [0.1, 0.15) is 23.2 Å². The SMILES string of the molecule is CC(=O)C1C2CC3OS(=O)(=O)C1C3O2. The molecule has 3 aliphatic rings. The Kier molecular flexibility index (Phi) is 1.49. The van der Waals surface area contributed by atoms with Crippen molar-refractivity contribution in [2.75, 3.05) is 0 Å². The van der Waals surface area contributed by atoms with Crippen LogP contribution in [0.25, 0.3) is 0 Å². The zero-order chi connectivity index (χ0) is 10.1. The maximum Gasteiger partial charge on any atom is 0.274 e. The maximum atomic E-state index is 11.5. The molecule has 0 aromatic carbocycles. The minimum absolute atomic E-state index is 0.116. The summed E-state index contributed by atoms with van der Waals surface area (Å²) >= 11 is 0. The highest BCUT2D eigenvalue weighted by molar-refractivity contribution is 7.87. The number of carbonyl (C=O) groups is 1. The highest BCUT2D eigenvalue weighted by atomic mass is 32.2. The van der Waals surface area contributed by atoms with Gasteiger partial charge in [-0.1, -0.05) is 0 Å². The molecule has 3 fully saturated rings. The number of hydrogen-bond donors (Lipinski definition) is 0. The molecule has 14 heavy (non-hydrogen) atoms. The Hall–Kier alpha value is -0.460. The molecule has 0 N–H and O–H groups in total. The number of fused-ring (bicyclic) bond motifs is 1. The Morgan fingerprint density at radius 1 is 1.36 bits per heavy atom. The Balaban J connectivity index is 2.10. The van der Waals surface area contributed by atoms with Gasteiger partial charge in [-0.25, -0.2) is 0 Å². The van der Waals surface area contributed by atoms with Gasteiger partial charge in [-0.3, -0.25) is 8.98 Å². The number of ketones is 1. The van der Waals surface area contributed by atoms with Gasteiger partial charge < -0.3 is 4.74 Å². The van der Waals surface area contributed by atoms with Crippen LogP contribution in [0.15, 0.2) is 0 Å². The smallest absolute Gasteiger partial charge is 0.274 e. The fourth-order valence-electron chi connectivity index (χ4n) is 2.81. The van der Waals surface area contributed by atoms with E-state index >= 15 is 0 Å². The summed E-state index contributed by atoms with van der Waals surface area (Å²) in [4.78, 5) is 11.3.